The van der Waals surface area contributed by atoms with E-state index in [9.17, 15) is 4.79 Å². The summed E-state index contributed by atoms with van der Waals surface area (Å²) in [6.07, 6.45) is 0. The van der Waals surface area contributed by atoms with Crippen molar-refractivity contribution in [2.45, 2.75) is 46.5 Å². The Bertz CT molecular complexity index is 985. The maximum atomic E-state index is 11.7. The van der Waals surface area contributed by atoms with E-state index in [0.29, 0.717) is 23.1 Å². The van der Waals surface area contributed by atoms with Crippen LogP contribution < -0.4 is 10.4 Å². The van der Waals surface area contributed by atoms with Crippen LogP contribution in [-0.4, -0.2) is 27.0 Å². The van der Waals surface area contributed by atoms with Gasteiger partial charge in [-0.2, -0.15) is 0 Å². The molecule has 6 nitrogen and oxygen atoms in total. The molecule has 0 amide bonds. The second-order valence-electron chi connectivity index (χ2n) is 7.38. The molecule has 26 heavy (non-hydrogen) atoms. The lowest BCUT2D eigenvalue weighted by Crippen LogP contribution is -2.09. The molecule has 0 saturated carbocycles. The molecule has 6 heteroatoms. The Morgan fingerprint density at radius 2 is 1.65 bits per heavy atom. The van der Waals surface area contributed by atoms with E-state index in [4.69, 9.17) is 14.7 Å². The van der Waals surface area contributed by atoms with Crippen molar-refractivity contribution >= 4 is 11.3 Å². The van der Waals surface area contributed by atoms with Gasteiger partial charge >= 0.3 is 5.69 Å². The van der Waals surface area contributed by atoms with Crippen LogP contribution in [0.5, 0.6) is 5.75 Å². The second-order valence-corrected chi connectivity index (χ2v) is 7.38. The van der Waals surface area contributed by atoms with Gasteiger partial charge in [0.25, 0.3) is 0 Å². The van der Waals surface area contributed by atoms with Crippen LogP contribution in [0, 0.1) is 5.92 Å². The molecule has 2 aromatic heterocycles. The van der Waals surface area contributed by atoms with E-state index in [1.165, 1.54) is 5.56 Å². The Morgan fingerprint density at radius 3 is 2.23 bits per heavy atom. The average Bonchev–Trinajstić information content (AvgIpc) is 2.98. The topological polar surface area (TPSA) is 83.7 Å². The number of benzene rings is 1. The third kappa shape index (κ3) is 3.23. The quantitative estimate of drug-likeness (QED) is 0.719. The number of imidazole rings is 1. The fourth-order valence-electron chi connectivity index (χ4n) is 2.97. The molecule has 0 aliphatic heterocycles. The highest BCUT2D eigenvalue weighted by molar-refractivity contribution is 5.76. The number of ether oxygens (including phenoxy) is 1. The van der Waals surface area contributed by atoms with Crippen LogP contribution in [0.1, 0.15) is 57.7 Å². The zero-order valence-electron chi connectivity index (χ0n) is 16.2. The summed E-state index contributed by atoms with van der Waals surface area (Å²) in [5, 5.41) is 0. The summed E-state index contributed by atoms with van der Waals surface area (Å²) in [5.74, 6) is 1.69. The van der Waals surface area contributed by atoms with Crippen molar-refractivity contribution < 1.29 is 4.74 Å². The molecule has 1 aromatic carbocycles. The van der Waals surface area contributed by atoms with E-state index < -0.39 is 0 Å². The molecule has 3 rings (SSSR count). The first-order chi connectivity index (χ1) is 12.3. The van der Waals surface area contributed by atoms with E-state index in [2.05, 4.69) is 56.7 Å². The predicted molar refractivity (Wildman–Crippen MR) is 104 cm³/mol. The van der Waals surface area contributed by atoms with Crippen molar-refractivity contribution in [3.05, 3.63) is 39.9 Å². The van der Waals surface area contributed by atoms with Crippen LogP contribution in [0.25, 0.3) is 22.6 Å². The maximum absolute atomic E-state index is 11.7. The molecule has 0 spiro atoms. The number of nitrogens with one attached hydrogen (secondary N) is 2. The van der Waals surface area contributed by atoms with Gasteiger partial charge in [-0.15, -0.1) is 0 Å². The summed E-state index contributed by atoms with van der Waals surface area (Å²) < 4.78 is 5.60. The number of rotatable bonds is 5. The van der Waals surface area contributed by atoms with E-state index in [0.717, 1.165) is 22.7 Å². The van der Waals surface area contributed by atoms with Gasteiger partial charge in [-0.1, -0.05) is 40.7 Å². The first-order valence-electron chi connectivity index (χ1n) is 9.00. The predicted octanol–water partition coefficient (Wildman–Crippen LogP) is 4.20. The zero-order chi connectivity index (χ0) is 19.0. The molecule has 138 valence electrons. The minimum Gasteiger partial charge on any atom is -0.496 e. The average molecular weight is 354 g/mol. The van der Waals surface area contributed by atoms with Gasteiger partial charge in [0.2, 0.25) is 0 Å². The number of hydrogen-bond acceptors (Lipinski definition) is 4. The van der Waals surface area contributed by atoms with Crippen LogP contribution in [0.4, 0.5) is 0 Å². The summed E-state index contributed by atoms with van der Waals surface area (Å²) >= 11 is 0. The summed E-state index contributed by atoms with van der Waals surface area (Å²) in [7, 11) is 1.66. The maximum Gasteiger partial charge on any atom is 0.326 e. The summed E-state index contributed by atoms with van der Waals surface area (Å²) in [4.78, 5) is 26.6. The molecule has 1 atom stereocenters. The van der Waals surface area contributed by atoms with E-state index in [-0.39, 0.29) is 11.6 Å². The number of nitrogens with zero attached hydrogens (tertiary/aromatic N) is 2. The van der Waals surface area contributed by atoms with Gasteiger partial charge < -0.3 is 4.74 Å². The van der Waals surface area contributed by atoms with Crippen LogP contribution in [-0.2, 0) is 0 Å². The van der Waals surface area contributed by atoms with E-state index in [1.54, 1.807) is 7.11 Å². The van der Waals surface area contributed by atoms with Crippen molar-refractivity contribution in [3.63, 3.8) is 0 Å². The molecule has 0 aliphatic carbocycles. The van der Waals surface area contributed by atoms with Crippen molar-refractivity contribution in [1.82, 2.24) is 19.9 Å². The van der Waals surface area contributed by atoms with Gasteiger partial charge in [0.05, 0.1) is 18.5 Å². The molecule has 0 fully saturated rings. The van der Waals surface area contributed by atoms with Crippen molar-refractivity contribution in [1.29, 1.82) is 0 Å². The number of H-pyrrole nitrogens is 2. The Kier molecular flexibility index (Phi) is 4.85. The van der Waals surface area contributed by atoms with Gasteiger partial charge in [0.1, 0.15) is 5.75 Å². The molecular formula is C20H26N4O2. The third-order valence-corrected chi connectivity index (χ3v) is 4.96. The number of methoxy groups -OCH3 is 1. The van der Waals surface area contributed by atoms with Gasteiger partial charge in [0.15, 0.2) is 11.3 Å². The standard InChI is InChI=1S/C20H26N4O2/c1-10(2)12(5)16-17(22-19-18(21-16)23-20(25)24-19)14-9-13(11(3)4)7-8-15(14)26-6/h7-12H,1-6H3,(H2,21,22,23,24,25)/t12-/m0/s1. The van der Waals surface area contributed by atoms with E-state index >= 15 is 0 Å². The first kappa shape index (κ1) is 18.2. The monoisotopic (exact) mass is 354 g/mol. The second kappa shape index (κ2) is 6.94. The highest BCUT2D eigenvalue weighted by Crippen LogP contribution is 2.37. The van der Waals surface area contributed by atoms with E-state index in [1.807, 2.05) is 6.07 Å². The minimum atomic E-state index is -0.303. The fraction of sp³-hybridized carbons (Fsp3) is 0.450. The van der Waals surface area contributed by atoms with Crippen molar-refractivity contribution in [2.75, 3.05) is 7.11 Å². The lowest BCUT2D eigenvalue weighted by molar-refractivity contribution is 0.416. The number of fused-ring (bicyclic) bond motifs is 1. The Balaban J connectivity index is 2.33. The van der Waals surface area contributed by atoms with Crippen LogP contribution in [0.2, 0.25) is 0 Å². The number of aromatic amines is 2. The van der Waals surface area contributed by atoms with Gasteiger partial charge in [-0.3, -0.25) is 9.97 Å². The third-order valence-electron chi connectivity index (χ3n) is 4.96. The lowest BCUT2D eigenvalue weighted by Gasteiger charge is -2.20. The normalized spacial score (nSPS) is 12.9. The fourth-order valence-corrected chi connectivity index (χ4v) is 2.97. The minimum absolute atomic E-state index is 0.174. The molecule has 0 radical (unpaired) electrons. The van der Waals surface area contributed by atoms with Gasteiger partial charge in [-0.25, -0.2) is 14.8 Å². The molecule has 2 N–H and O–H groups in total. The molecular weight excluding hydrogens is 328 g/mol. The summed E-state index contributed by atoms with van der Waals surface area (Å²) in [6.45, 7) is 10.8. The number of aromatic nitrogens is 4. The Labute approximate surface area is 153 Å². The summed E-state index contributed by atoms with van der Waals surface area (Å²) in [5.41, 5.74) is 4.37. The van der Waals surface area contributed by atoms with Gasteiger partial charge in [0, 0.05) is 11.5 Å². The van der Waals surface area contributed by atoms with Crippen LogP contribution >= 0.6 is 0 Å². The van der Waals surface area contributed by atoms with Crippen molar-refractivity contribution in [3.8, 4) is 17.0 Å². The molecule has 2 heterocycles. The smallest absolute Gasteiger partial charge is 0.326 e. The van der Waals surface area contributed by atoms with Crippen molar-refractivity contribution in [2.24, 2.45) is 5.92 Å². The molecule has 0 saturated heterocycles. The zero-order valence-corrected chi connectivity index (χ0v) is 16.2. The Hall–Kier alpha value is -2.63. The van der Waals surface area contributed by atoms with Crippen LogP contribution in [0.3, 0.4) is 0 Å². The largest absolute Gasteiger partial charge is 0.496 e. The molecule has 3 aromatic rings. The highest BCUT2D eigenvalue weighted by Gasteiger charge is 2.23. The molecule has 0 unspecified atom stereocenters. The number of hydrogen-bond donors (Lipinski definition) is 2. The first-order valence-corrected chi connectivity index (χ1v) is 9.00. The molecule has 0 bridgehead atoms. The Morgan fingerprint density at radius 1 is 1.00 bits per heavy atom. The molecule has 0 aliphatic rings. The summed E-state index contributed by atoms with van der Waals surface area (Å²) in [6, 6.07) is 6.16. The lowest BCUT2D eigenvalue weighted by atomic mass is 9.90. The SMILES string of the molecule is COc1ccc(C(C)C)cc1-c1nc2[nH]c(=O)[nH]c2nc1[C@@H](C)C(C)C. The highest BCUT2D eigenvalue weighted by atomic mass is 16.5. The van der Waals surface area contributed by atoms with Crippen LogP contribution in [0.15, 0.2) is 23.0 Å². The van der Waals surface area contributed by atoms with Gasteiger partial charge in [-0.05, 0) is 29.5 Å².